The van der Waals surface area contributed by atoms with E-state index in [2.05, 4.69) is 25.0 Å². The van der Waals surface area contributed by atoms with Gasteiger partial charge in [-0.1, -0.05) is 32.0 Å². The van der Waals surface area contributed by atoms with Gasteiger partial charge in [0.2, 0.25) is 0 Å². The number of nitrogens with zero attached hydrogens (tertiary/aromatic N) is 2. The van der Waals surface area contributed by atoms with Crippen molar-refractivity contribution >= 4 is 0 Å². The minimum Gasteiger partial charge on any atom is -0.491 e. The molecule has 1 N–H and O–H groups in total. The first-order chi connectivity index (χ1) is 9.97. The van der Waals surface area contributed by atoms with E-state index >= 15 is 0 Å². The normalized spacial score (nSPS) is 12.7. The SMILES string of the molecule is Cc1cc(C)n(C[C@@H](O)COc2ccccc2C(C)C)n1. The average Bonchev–Trinajstić information content (AvgIpc) is 2.74. The highest BCUT2D eigenvalue weighted by Gasteiger charge is 2.12. The van der Waals surface area contributed by atoms with Crippen LogP contribution in [0.1, 0.15) is 36.7 Å². The van der Waals surface area contributed by atoms with Crippen LogP contribution < -0.4 is 4.74 Å². The summed E-state index contributed by atoms with van der Waals surface area (Å²) in [6.07, 6.45) is -0.580. The summed E-state index contributed by atoms with van der Waals surface area (Å²) in [5, 5.41) is 14.5. The van der Waals surface area contributed by atoms with Gasteiger partial charge in [0.1, 0.15) is 18.5 Å². The van der Waals surface area contributed by atoms with Crippen molar-refractivity contribution < 1.29 is 9.84 Å². The highest BCUT2D eigenvalue weighted by molar-refractivity contribution is 5.35. The summed E-state index contributed by atoms with van der Waals surface area (Å²) in [7, 11) is 0. The molecule has 0 radical (unpaired) electrons. The Morgan fingerprint density at radius 1 is 1.24 bits per heavy atom. The van der Waals surface area contributed by atoms with E-state index in [0.29, 0.717) is 12.5 Å². The molecule has 1 atom stereocenters. The Labute approximate surface area is 126 Å². The summed E-state index contributed by atoms with van der Waals surface area (Å²) in [6.45, 7) is 8.92. The summed E-state index contributed by atoms with van der Waals surface area (Å²) in [6, 6.07) is 9.98. The zero-order valence-electron chi connectivity index (χ0n) is 13.2. The number of ether oxygens (including phenoxy) is 1. The van der Waals surface area contributed by atoms with Crippen molar-refractivity contribution in [2.45, 2.75) is 46.3 Å². The van der Waals surface area contributed by atoms with Crippen LogP contribution >= 0.6 is 0 Å². The first-order valence-electron chi connectivity index (χ1n) is 7.38. The molecular formula is C17H24N2O2. The van der Waals surface area contributed by atoms with Gasteiger partial charge in [-0.3, -0.25) is 4.68 Å². The van der Waals surface area contributed by atoms with Gasteiger partial charge in [-0.05, 0) is 37.5 Å². The van der Waals surface area contributed by atoms with Crippen molar-refractivity contribution in [3.05, 3.63) is 47.3 Å². The van der Waals surface area contributed by atoms with Gasteiger partial charge in [-0.25, -0.2) is 0 Å². The Balaban J connectivity index is 1.95. The minimum absolute atomic E-state index is 0.266. The largest absolute Gasteiger partial charge is 0.491 e. The van der Waals surface area contributed by atoms with E-state index in [0.717, 1.165) is 22.7 Å². The van der Waals surface area contributed by atoms with Gasteiger partial charge < -0.3 is 9.84 Å². The maximum absolute atomic E-state index is 10.1. The minimum atomic E-state index is -0.580. The molecule has 0 saturated carbocycles. The number of aliphatic hydroxyl groups is 1. The molecule has 2 aromatic rings. The molecule has 2 rings (SSSR count). The molecule has 0 saturated heterocycles. The quantitative estimate of drug-likeness (QED) is 0.888. The van der Waals surface area contributed by atoms with E-state index in [1.807, 2.05) is 42.8 Å². The number of aromatic nitrogens is 2. The van der Waals surface area contributed by atoms with Crippen LogP contribution in [0, 0.1) is 13.8 Å². The molecular weight excluding hydrogens is 264 g/mol. The van der Waals surface area contributed by atoms with E-state index in [9.17, 15) is 5.11 Å². The summed E-state index contributed by atoms with van der Waals surface area (Å²) < 4.78 is 7.61. The third-order valence-corrected chi connectivity index (χ3v) is 3.46. The predicted molar refractivity (Wildman–Crippen MR) is 83.7 cm³/mol. The molecule has 114 valence electrons. The molecule has 0 fully saturated rings. The Morgan fingerprint density at radius 3 is 2.57 bits per heavy atom. The number of hydrogen-bond donors (Lipinski definition) is 1. The standard InChI is InChI=1S/C17H24N2O2/c1-12(2)16-7-5-6-8-17(16)21-11-15(20)10-19-14(4)9-13(3)18-19/h5-9,12,15,20H,10-11H2,1-4H3/t15-/m1/s1. The third kappa shape index (κ3) is 4.08. The fourth-order valence-electron chi connectivity index (χ4n) is 2.39. The second kappa shape index (κ2) is 6.76. The van der Waals surface area contributed by atoms with E-state index in [-0.39, 0.29) is 6.61 Å². The molecule has 0 amide bonds. The number of rotatable bonds is 6. The van der Waals surface area contributed by atoms with Crippen molar-refractivity contribution in [2.24, 2.45) is 0 Å². The molecule has 4 heteroatoms. The van der Waals surface area contributed by atoms with Crippen LogP contribution in [0.5, 0.6) is 5.75 Å². The van der Waals surface area contributed by atoms with Crippen molar-refractivity contribution in [3.63, 3.8) is 0 Å². The van der Waals surface area contributed by atoms with Crippen LogP contribution in [-0.2, 0) is 6.54 Å². The third-order valence-electron chi connectivity index (χ3n) is 3.46. The van der Waals surface area contributed by atoms with Crippen molar-refractivity contribution in [3.8, 4) is 5.75 Å². The molecule has 0 bridgehead atoms. The molecule has 0 spiro atoms. The Hall–Kier alpha value is -1.81. The van der Waals surface area contributed by atoms with Crippen LogP contribution in [0.3, 0.4) is 0 Å². The van der Waals surface area contributed by atoms with Crippen molar-refractivity contribution in [1.29, 1.82) is 0 Å². The number of aliphatic hydroxyl groups excluding tert-OH is 1. The van der Waals surface area contributed by atoms with Crippen LogP contribution in [0.4, 0.5) is 0 Å². The monoisotopic (exact) mass is 288 g/mol. The van der Waals surface area contributed by atoms with Gasteiger partial charge >= 0.3 is 0 Å². The summed E-state index contributed by atoms with van der Waals surface area (Å²) in [4.78, 5) is 0. The molecule has 0 aliphatic carbocycles. The van der Waals surface area contributed by atoms with Crippen molar-refractivity contribution in [1.82, 2.24) is 9.78 Å². The summed E-state index contributed by atoms with van der Waals surface area (Å²) in [5.41, 5.74) is 3.18. The highest BCUT2D eigenvalue weighted by atomic mass is 16.5. The maximum Gasteiger partial charge on any atom is 0.122 e. The average molecular weight is 288 g/mol. The summed E-state index contributed by atoms with van der Waals surface area (Å²) >= 11 is 0. The zero-order valence-corrected chi connectivity index (χ0v) is 13.2. The molecule has 0 aliphatic heterocycles. The van der Waals surface area contributed by atoms with Crippen LogP contribution in [0.15, 0.2) is 30.3 Å². The second-order valence-corrected chi connectivity index (χ2v) is 5.77. The van der Waals surface area contributed by atoms with Crippen LogP contribution in [0.25, 0.3) is 0 Å². The first-order valence-corrected chi connectivity index (χ1v) is 7.38. The predicted octanol–water partition coefficient (Wildman–Crippen LogP) is 3.06. The lowest BCUT2D eigenvalue weighted by Crippen LogP contribution is -2.25. The molecule has 4 nitrogen and oxygen atoms in total. The lowest BCUT2D eigenvalue weighted by atomic mass is 10.0. The van der Waals surface area contributed by atoms with Gasteiger partial charge in [-0.15, -0.1) is 0 Å². The van der Waals surface area contributed by atoms with Gasteiger partial charge in [-0.2, -0.15) is 5.10 Å². The Kier molecular flexibility index (Phi) is 5.02. The second-order valence-electron chi connectivity index (χ2n) is 5.77. The van der Waals surface area contributed by atoms with E-state index < -0.39 is 6.10 Å². The first kappa shape index (κ1) is 15.6. The molecule has 0 aliphatic rings. The van der Waals surface area contributed by atoms with E-state index in [1.54, 1.807) is 0 Å². The van der Waals surface area contributed by atoms with E-state index in [1.165, 1.54) is 0 Å². The van der Waals surface area contributed by atoms with Crippen molar-refractivity contribution in [2.75, 3.05) is 6.61 Å². The van der Waals surface area contributed by atoms with Crippen LogP contribution in [-0.4, -0.2) is 27.6 Å². The topological polar surface area (TPSA) is 47.3 Å². The lowest BCUT2D eigenvalue weighted by molar-refractivity contribution is 0.0881. The number of para-hydroxylation sites is 1. The van der Waals surface area contributed by atoms with Gasteiger partial charge in [0, 0.05) is 5.69 Å². The lowest BCUT2D eigenvalue weighted by Gasteiger charge is -2.17. The van der Waals surface area contributed by atoms with Gasteiger partial charge in [0.25, 0.3) is 0 Å². The molecule has 0 unspecified atom stereocenters. The Morgan fingerprint density at radius 2 is 1.95 bits per heavy atom. The number of hydrogen-bond acceptors (Lipinski definition) is 3. The highest BCUT2D eigenvalue weighted by Crippen LogP contribution is 2.25. The van der Waals surface area contributed by atoms with Gasteiger partial charge in [0.05, 0.1) is 12.2 Å². The van der Waals surface area contributed by atoms with E-state index in [4.69, 9.17) is 4.74 Å². The smallest absolute Gasteiger partial charge is 0.122 e. The molecule has 1 heterocycles. The number of benzene rings is 1. The van der Waals surface area contributed by atoms with Gasteiger partial charge in [0.15, 0.2) is 0 Å². The fourth-order valence-corrected chi connectivity index (χ4v) is 2.39. The zero-order chi connectivity index (χ0) is 15.4. The molecule has 21 heavy (non-hydrogen) atoms. The van der Waals surface area contributed by atoms with Crippen LogP contribution in [0.2, 0.25) is 0 Å². The fraction of sp³-hybridized carbons (Fsp3) is 0.471. The maximum atomic E-state index is 10.1. The molecule has 1 aromatic carbocycles. The molecule has 1 aromatic heterocycles. The summed E-state index contributed by atoms with van der Waals surface area (Å²) in [5.74, 6) is 1.24. The Bertz CT molecular complexity index is 590. The number of aryl methyl sites for hydroxylation is 2.